The van der Waals surface area contributed by atoms with Crippen molar-refractivity contribution in [2.75, 3.05) is 73.7 Å². The maximum absolute atomic E-state index is 11.6. The van der Waals surface area contributed by atoms with Crippen molar-refractivity contribution >= 4 is 84.2 Å². The van der Waals surface area contributed by atoms with Crippen molar-refractivity contribution in [2.24, 2.45) is 5.73 Å². The normalized spacial score (nSPS) is 11.8. The number of carboxylic acid groups (broad SMARTS) is 2. The Kier molecular flexibility index (Phi) is 86.9. The number of aliphatic hydroxyl groups excluding tert-OH is 2. The van der Waals surface area contributed by atoms with Gasteiger partial charge in [-0.25, -0.2) is 19.2 Å². The van der Waals surface area contributed by atoms with Crippen LogP contribution in [0.5, 0.6) is 0 Å². The number of carboxylic acids is 2. The minimum absolute atomic E-state index is 0. The third-order valence-electron chi connectivity index (χ3n) is 19.0. The number of phosphoric ester groups is 1. The molecule has 30 nitrogen and oxygen atoms in total. The molecular weight excluding hydrogens is 1810 g/mol. The van der Waals surface area contributed by atoms with Gasteiger partial charge in [-0.05, 0) is 94.0 Å². The van der Waals surface area contributed by atoms with E-state index in [2.05, 4.69) is 29.8 Å². The van der Waals surface area contributed by atoms with Crippen LogP contribution >= 0.6 is 24.5 Å². The number of aliphatic carboxylic acids is 2. The van der Waals surface area contributed by atoms with Crippen LogP contribution in [0.4, 0.5) is 19.2 Å². The van der Waals surface area contributed by atoms with E-state index in [0.29, 0.717) is 80.0 Å². The van der Waals surface area contributed by atoms with E-state index >= 15 is 0 Å². The van der Waals surface area contributed by atoms with Crippen LogP contribution in [0.2, 0.25) is 0 Å². The molecular formula is C94H155CdCl2N6O24P. The van der Waals surface area contributed by atoms with Crippen molar-refractivity contribution in [1.29, 1.82) is 0 Å². The quantitative estimate of drug-likeness (QED) is 0.00387. The van der Waals surface area contributed by atoms with Crippen LogP contribution < -0.4 is 26.6 Å². The molecule has 0 aromatic heterocycles. The molecule has 1 aliphatic rings. The number of imide groups is 1. The van der Waals surface area contributed by atoms with Crippen LogP contribution in [0.15, 0.2) is 121 Å². The van der Waals surface area contributed by atoms with Crippen LogP contribution in [-0.4, -0.2) is 175 Å². The average molecular weight is 1970 g/mol. The molecule has 128 heavy (non-hydrogen) atoms. The number of amides is 5. The fourth-order valence-electron chi connectivity index (χ4n) is 11.8. The van der Waals surface area contributed by atoms with Gasteiger partial charge in [0.05, 0.1) is 34.4 Å². The molecule has 4 aromatic rings. The number of unbranched alkanes of at least 4 members (excludes halogenated alkanes) is 32. The van der Waals surface area contributed by atoms with Crippen molar-refractivity contribution in [1.82, 2.24) is 21.0 Å². The van der Waals surface area contributed by atoms with Gasteiger partial charge in [0.25, 0.3) is 19.6 Å². The standard InChI is InChI=1S/2C21H33NO3.C20H31NO4.C12H11NO5.C12H25NO2.C8H20NO6P.Cd.2ClH.H2O/c2*1-19(23)14-10-7-5-3-2-4-6-8-13-17-22-21(24)25-18-20-15-11-9-12-16-20;22-19(23)15-11-6-4-2-1-3-5-7-12-16-21-20(24)25-17-18-13-9-8-10-14-18;14-10-6-7-11(15)13(10)18-12(16)17-8-9-4-2-1-3-5-9;13-11-9-7-5-3-1-2-4-6-8-10-12(14)15;1-9(2,3)4-5-14-16(12,13)15-7-8(11)6-10;;;;/h2*9,11-12,15-16H,2-8,10,13-14,17-18H2,1H3,(H,22,24);8-10,13-14H,1-7,11-12,15-17H2,(H,21,24)(H,22,23);1-5H,6-8H2;1-11,13H2,(H,14,15);8,10-11H,4-7H2,1-3H3;;2*1H;1H2/q;;;;;;+2;;;/p-2. The minimum atomic E-state index is -4.38. The molecule has 5 amide bonds. The number of hydrogen-bond acceptors (Lipinski definition) is 22. The number of nitrogens with one attached hydrogen (secondary N) is 3. The molecule has 2 atom stereocenters. The number of nitrogens with zero attached hydrogens (tertiary/aromatic N) is 2. The van der Waals surface area contributed by atoms with Crippen molar-refractivity contribution < 1.29 is 142 Å². The number of quaternary nitrogens is 1. The van der Waals surface area contributed by atoms with Crippen LogP contribution in [0.25, 0.3) is 0 Å². The fraction of sp³-hybridized carbons (Fsp3) is 0.638. The maximum atomic E-state index is 11.6. The van der Waals surface area contributed by atoms with Crippen molar-refractivity contribution in [2.45, 2.75) is 316 Å². The van der Waals surface area contributed by atoms with E-state index in [1.807, 2.05) is 118 Å². The number of carbonyl (C=O) groups is 10. The summed E-state index contributed by atoms with van der Waals surface area (Å²) in [6.45, 7) is 6.59. The fourth-order valence-corrected chi connectivity index (χ4v) is 12.6. The van der Waals surface area contributed by atoms with E-state index in [4.69, 9.17) is 61.7 Å². The van der Waals surface area contributed by atoms with E-state index < -0.39 is 78.8 Å². The first-order valence-electron chi connectivity index (χ1n) is 45.6. The van der Waals surface area contributed by atoms with Gasteiger partial charge in [0.15, 0.2) is 0 Å². The third kappa shape index (κ3) is 90.7. The van der Waals surface area contributed by atoms with E-state index in [-0.39, 0.29) is 49.8 Å². The molecule has 1 saturated heterocycles. The van der Waals surface area contributed by atoms with Gasteiger partial charge in [0, 0.05) is 58.2 Å². The molecule has 2 unspecified atom stereocenters. The molecule has 0 aliphatic carbocycles. The predicted molar refractivity (Wildman–Crippen MR) is 494 cm³/mol. The zero-order chi connectivity index (χ0) is 94.3. The topological polar surface area (TPSA) is 453 Å². The second-order valence-electron chi connectivity index (χ2n) is 31.9. The number of hydroxylamine groups is 2. The molecule has 0 saturated carbocycles. The van der Waals surface area contributed by atoms with Gasteiger partial charge >= 0.3 is 74.8 Å². The van der Waals surface area contributed by atoms with Gasteiger partial charge in [0.2, 0.25) is 0 Å². The van der Waals surface area contributed by atoms with E-state index in [1.54, 1.807) is 38.1 Å². The number of hydrogen-bond donors (Lipinski definition) is 8. The van der Waals surface area contributed by atoms with E-state index in [1.165, 1.54) is 141 Å². The van der Waals surface area contributed by atoms with Crippen LogP contribution in [0.1, 0.15) is 306 Å². The summed E-state index contributed by atoms with van der Waals surface area (Å²) in [7, 11) is 11.3. The number of carbonyl (C=O) groups excluding carboxylic acids is 8. The Morgan fingerprint density at radius 1 is 0.445 bits per heavy atom. The summed E-state index contributed by atoms with van der Waals surface area (Å²) in [5.41, 5.74) is 9.17. The summed E-state index contributed by atoms with van der Waals surface area (Å²) in [5.74, 6) is -1.82. The third-order valence-corrected chi connectivity index (χ3v) is 20.0. The Balaban J connectivity index is -0.00000147. The molecule has 5 rings (SSSR count). The number of benzene rings is 4. The van der Waals surface area contributed by atoms with Gasteiger partial charge in [-0.1, -0.05) is 306 Å². The number of Topliss-reactive ketones (excluding diaryl/α,β-unsaturated/α-hetero) is 2. The second-order valence-corrected chi connectivity index (χ2v) is 39.3. The number of nitrogens with two attached hydrogens (primary N) is 1. The molecule has 11 N–H and O–H groups in total. The number of ketones is 2. The molecule has 0 spiro atoms. The SMILES string of the molecule is CC(=O)CCCCCCCCCCCNC(=O)OCc1ccccc1.CC(=O)CCCCCCCCCCCNC(=O)OCc1ccccc1.C[N+](C)(C)CCOP(=O)([O-])OCC(O)CO.NCCCCCCCCCCCC(=O)O.O.O=C(O)CCCCCCCCCCCNC(=O)OCc1ccccc1.O=C(OCc1ccccc1)ON1C(=O)CCC1=O.[Cl][Cd][Cl]. The molecule has 726 valence electrons. The summed E-state index contributed by atoms with van der Waals surface area (Å²) >= 11 is -1.07. The molecule has 0 bridgehead atoms. The van der Waals surface area contributed by atoms with Crippen molar-refractivity contribution in [3.8, 4) is 0 Å². The molecule has 34 heteroatoms. The number of halogens is 2. The van der Waals surface area contributed by atoms with Gasteiger partial charge in [-0.2, -0.15) is 0 Å². The average Bonchev–Trinajstić information content (AvgIpc) is 1.73. The molecule has 0 radical (unpaired) electrons. The van der Waals surface area contributed by atoms with E-state index in [0.717, 1.165) is 132 Å². The number of likely N-dealkylation sites (N-methyl/N-ethyl adjacent to an activating group) is 1. The summed E-state index contributed by atoms with van der Waals surface area (Å²) in [6.07, 6.45) is 40.5. The first kappa shape index (κ1) is 125. The monoisotopic (exact) mass is 1970 g/mol. The van der Waals surface area contributed by atoms with Gasteiger partial charge < -0.3 is 94.5 Å². The van der Waals surface area contributed by atoms with Crippen LogP contribution in [0.3, 0.4) is 0 Å². The van der Waals surface area contributed by atoms with Crippen LogP contribution in [-0.2, 0) is 114 Å². The number of aliphatic hydroxyl groups is 2. The van der Waals surface area contributed by atoms with Crippen molar-refractivity contribution in [3.63, 3.8) is 0 Å². The first-order valence-corrected chi connectivity index (χ1v) is 57.3. The molecule has 1 aliphatic heterocycles. The van der Waals surface area contributed by atoms with Gasteiger partial charge in [-0.15, -0.1) is 0 Å². The Hall–Kier alpha value is -7.21. The number of rotatable bonds is 64. The summed E-state index contributed by atoms with van der Waals surface area (Å²) < 4.78 is 40.9. The number of alkyl carbamates (subject to hydrolysis) is 3. The van der Waals surface area contributed by atoms with Gasteiger partial charge in [0.1, 0.15) is 57.2 Å². The summed E-state index contributed by atoms with van der Waals surface area (Å²) in [4.78, 5) is 126. The number of phosphoric acid groups is 1. The molecule has 1 heterocycles. The number of ether oxygens (including phenoxy) is 4. The first-order chi connectivity index (χ1) is 61.1. The zero-order valence-corrected chi connectivity index (χ0v) is 83.7. The Morgan fingerprint density at radius 3 is 0.961 bits per heavy atom. The van der Waals surface area contributed by atoms with Crippen molar-refractivity contribution in [3.05, 3.63) is 144 Å². The molecule has 1 fully saturated rings. The summed E-state index contributed by atoms with van der Waals surface area (Å²) in [6, 6.07) is 38.0. The van der Waals surface area contributed by atoms with E-state index in [9.17, 15) is 57.4 Å². The van der Waals surface area contributed by atoms with Gasteiger partial charge in [-0.3, -0.25) is 28.6 Å². The van der Waals surface area contributed by atoms with Crippen LogP contribution in [0, 0.1) is 0 Å². The Labute approximate surface area is 781 Å². The summed E-state index contributed by atoms with van der Waals surface area (Å²) in [5, 5.41) is 43.1. The Morgan fingerprint density at radius 2 is 0.703 bits per heavy atom. The zero-order valence-electron chi connectivity index (χ0n) is 77.2. The predicted octanol–water partition coefficient (Wildman–Crippen LogP) is 19.1. The molecule has 4 aromatic carbocycles. The second kappa shape index (κ2) is 89.0. The Bertz CT molecular complexity index is 3210.